The predicted octanol–water partition coefficient (Wildman–Crippen LogP) is 4.40. The van der Waals surface area contributed by atoms with E-state index >= 15 is 0 Å². The number of nitrogens with zero attached hydrogens (tertiary/aromatic N) is 2. The van der Waals surface area contributed by atoms with Crippen LogP contribution in [0.4, 0.5) is 6.01 Å². The summed E-state index contributed by atoms with van der Waals surface area (Å²) in [6.45, 7) is 3.15. The van der Waals surface area contributed by atoms with Gasteiger partial charge in [0.05, 0.1) is 0 Å². The highest BCUT2D eigenvalue weighted by molar-refractivity contribution is 6.17. The predicted molar refractivity (Wildman–Crippen MR) is 79.8 cm³/mol. The Labute approximate surface area is 121 Å². The van der Waals surface area contributed by atoms with Crippen LogP contribution in [0.3, 0.4) is 0 Å². The van der Waals surface area contributed by atoms with Crippen LogP contribution in [0.5, 0.6) is 0 Å². The highest BCUT2D eigenvalue weighted by Gasteiger charge is 2.03. The number of aromatic nitrogens is 2. The summed E-state index contributed by atoms with van der Waals surface area (Å²) in [6.07, 6.45) is 11.2. The van der Waals surface area contributed by atoms with Crippen LogP contribution in [-0.2, 0) is 6.42 Å². The van der Waals surface area contributed by atoms with Crippen molar-refractivity contribution in [1.29, 1.82) is 0 Å². The molecule has 0 atom stereocenters. The van der Waals surface area contributed by atoms with Crippen molar-refractivity contribution in [2.24, 2.45) is 0 Å². The number of hydrogen-bond donors (Lipinski definition) is 1. The Kier molecular flexibility index (Phi) is 9.51. The van der Waals surface area contributed by atoms with Crippen molar-refractivity contribution in [3.05, 3.63) is 5.89 Å². The molecule has 19 heavy (non-hydrogen) atoms. The van der Waals surface area contributed by atoms with Gasteiger partial charge in [-0.05, 0) is 6.42 Å². The van der Waals surface area contributed by atoms with Gasteiger partial charge in [0, 0.05) is 18.8 Å². The molecule has 0 aromatic carbocycles. The number of hydrogen-bond acceptors (Lipinski definition) is 4. The summed E-state index contributed by atoms with van der Waals surface area (Å²) < 4.78 is 5.38. The topological polar surface area (TPSA) is 51.0 Å². The Morgan fingerprint density at radius 3 is 2.37 bits per heavy atom. The Bertz CT molecular complexity index is 317. The molecule has 0 amide bonds. The monoisotopic (exact) mass is 287 g/mol. The Balaban J connectivity index is 1.92. The summed E-state index contributed by atoms with van der Waals surface area (Å²) in [7, 11) is 0. The maximum Gasteiger partial charge on any atom is 0.315 e. The van der Waals surface area contributed by atoms with Crippen LogP contribution in [0.15, 0.2) is 4.42 Å². The van der Waals surface area contributed by atoms with Crippen molar-refractivity contribution in [2.45, 2.75) is 64.7 Å². The molecule has 0 saturated carbocycles. The highest BCUT2D eigenvalue weighted by atomic mass is 35.5. The number of alkyl halides is 1. The number of unbranched alkanes of at least 4 members (excludes halogenated alkanes) is 7. The summed E-state index contributed by atoms with van der Waals surface area (Å²) in [6, 6.07) is 0.517. The van der Waals surface area contributed by atoms with Crippen molar-refractivity contribution >= 4 is 17.6 Å². The highest BCUT2D eigenvalue weighted by Crippen LogP contribution is 2.10. The molecule has 1 N–H and O–H groups in total. The number of nitrogens with one attached hydrogen (secondary N) is 1. The maximum atomic E-state index is 5.60. The van der Waals surface area contributed by atoms with E-state index in [1.165, 1.54) is 44.9 Å². The van der Waals surface area contributed by atoms with Crippen LogP contribution >= 0.6 is 11.6 Å². The fraction of sp³-hybridized carbons (Fsp3) is 0.857. The molecule has 1 aromatic rings. The van der Waals surface area contributed by atoms with Gasteiger partial charge in [0.1, 0.15) is 0 Å². The van der Waals surface area contributed by atoms with E-state index in [9.17, 15) is 0 Å². The van der Waals surface area contributed by atoms with Gasteiger partial charge in [0.2, 0.25) is 5.89 Å². The summed E-state index contributed by atoms with van der Waals surface area (Å²) in [4.78, 5) is 0. The number of rotatable bonds is 12. The number of aryl methyl sites for hydroxylation is 1. The lowest BCUT2D eigenvalue weighted by atomic mass is 10.1. The average Bonchev–Trinajstić information content (AvgIpc) is 2.85. The first-order valence-electron chi connectivity index (χ1n) is 7.49. The Morgan fingerprint density at radius 2 is 1.68 bits per heavy atom. The van der Waals surface area contributed by atoms with E-state index in [0.29, 0.717) is 24.2 Å². The van der Waals surface area contributed by atoms with Crippen LogP contribution in [0.25, 0.3) is 0 Å². The summed E-state index contributed by atoms with van der Waals surface area (Å²) in [5, 5.41) is 11.0. The second-order valence-corrected chi connectivity index (χ2v) is 5.22. The van der Waals surface area contributed by atoms with E-state index < -0.39 is 0 Å². The lowest BCUT2D eigenvalue weighted by Gasteiger charge is -2.02. The fourth-order valence-corrected chi connectivity index (χ4v) is 2.12. The molecule has 1 aromatic heterocycles. The average molecular weight is 288 g/mol. The molecule has 5 heteroatoms. The van der Waals surface area contributed by atoms with Crippen molar-refractivity contribution in [3.63, 3.8) is 0 Å². The third-order valence-electron chi connectivity index (χ3n) is 3.08. The van der Waals surface area contributed by atoms with Crippen LogP contribution in [0.1, 0.15) is 64.2 Å². The van der Waals surface area contributed by atoms with Gasteiger partial charge in [-0.3, -0.25) is 0 Å². The molecule has 1 rings (SSSR count). The summed E-state index contributed by atoms with van der Waals surface area (Å²) >= 11 is 5.60. The Morgan fingerprint density at radius 1 is 1.00 bits per heavy atom. The third-order valence-corrected chi connectivity index (χ3v) is 3.27. The van der Waals surface area contributed by atoms with E-state index in [1.807, 2.05) is 0 Å². The first kappa shape index (κ1) is 16.3. The van der Waals surface area contributed by atoms with Gasteiger partial charge in [0.15, 0.2) is 0 Å². The first-order chi connectivity index (χ1) is 9.36. The molecular formula is C14H26ClN3O. The van der Waals surface area contributed by atoms with E-state index in [4.69, 9.17) is 16.0 Å². The van der Waals surface area contributed by atoms with E-state index in [2.05, 4.69) is 22.4 Å². The van der Waals surface area contributed by atoms with Crippen molar-refractivity contribution < 1.29 is 4.42 Å². The zero-order chi connectivity index (χ0) is 13.8. The molecular weight excluding hydrogens is 262 g/mol. The summed E-state index contributed by atoms with van der Waals surface area (Å²) in [5.41, 5.74) is 0. The molecule has 0 saturated heterocycles. The smallest absolute Gasteiger partial charge is 0.315 e. The molecule has 0 unspecified atom stereocenters. The minimum absolute atomic E-state index is 0.514. The second kappa shape index (κ2) is 11.1. The minimum atomic E-state index is 0.514. The van der Waals surface area contributed by atoms with E-state index in [0.717, 1.165) is 13.0 Å². The normalized spacial score (nSPS) is 10.8. The minimum Gasteiger partial charge on any atom is -0.408 e. The summed E-state index contributed by atoms with van der Waals surface area (Å²) in [5.74, 6) is 1.12. The molecule has 0 radical (unpaired) electrons. The second-order valence-electron chi connectivity index (χ2n) is 4.84. The van der Waals surface area contributed by atoms with Gasteiger partial charge < -0.3 is 9.73 Å². The molecule has 110 valence electrons. The van der Waals surface area contributed by atoms with Gasteiger partial charge in [0.25, 0.3) is 0 Å². The third kappa shape index (κ3) is 8.09. The molecule has 4 nitrogen and oxygen atoms in total. The molecule has 0 bridgehead atoms. The maximum absolute atomic E-state index is 5.60. The van der Waals surface area contributed by atoms with E-state index in [-0.39, 0.29) is 0 Å². The van der Waals surface area contributed by atoms with Crippen LogP contribution < -0.4 is 5.32 Å². The van der Waals surface area contributed by atoms with Gasteiger partial charge in [-0.1, -0.05) is 57.0 Å². The van der Waals surface area contributed by atoms with Crippen LogP contribution in [0.2, 0.25) is 0 Å². The van der Waals surface area contributed by atoms with E-state index in [1.54, 1.807) is 0 Å². The van der Waals surface area contributed by atoms with Crippen LogP contribution in [-0.4, -0.2) is 22.6 Å². The lowest BCUT2D eigenvalue weighted by molar-refractivity contribution is 0.510. The molecule has 1 heterocycles. The van der Waals surface area contributed by atoms with Gasteiger partial charge in [-0.2, -0.15) is 0 Å². The van der Waals surface area contributed by atoms with Crippen molar-refractivity contribution in [2.75, 3.05) is 17.7 Å². The SMILES string of the molecule is CCCCCCCCCCNc1nnc(CCCl)o1. The molecule has 0 fully saturated rings. The quantitative estimate of drug-likeness (QED) is 0.457. The molecule has 0 spiro atoms. The standard InChI is InChI=1S/C14H26ClN3O/c1-2-3-4-5-6-7-8-9-12-16-14-18-17-13(19-14)10-11-15/h2-12H2,1H3,(H,16,18). The number of halogens is 1. The Hall–Kier alpha value is -0.770. The van der Waals surface area contributed by atoms with Crippen LogP contribution in [0, 0.1) is 0 Å². The zero-order valence-corrected chi connectivity index (χ0v) is 12.7. The van der Waals surface area contributed by atoms with Gasteiger partial charge in [-0.25, -0.2) is 0 Å². The molecule has 0 aliphatic heterocycles. The van der Waals surface area contributed by atoms with Gasteiger partial charge in [-0.15, -0.1) is 16.7 Å². The van der Waals surface area contributed by atoms with Gasteiger partial charge >= 0.3 is 6.01 Å². The molecule has 0 aliphatic rings. The zero-order valence-electron chi connectivity index (χ0n) is 12.0. The first-order valence-corrected chi connectivity index (χ1v) is 8.02. The number of anilines is 1. The molecule has 0 aliphatic carbocycles. The largest absolute Gasteiger partial charge is 0.408 e. The fourth-order valence-electron chi connectivity index (χ4n) is 1.96. The van der Waals surface area contributed by atoms with Crippen molar-refractivity contribution in [3.8, 4) is 0 Å². The van der Waals surface area contributed by atoms with Crippen molar-refractivity contribution in [1.82, 2.24) is 10.2 Å². The lowest BCUT2D eigenvalue weighted by Crippen LogP contribution is -2.01.